The minimum atomic E-state index is 0.263. The maximum atomic E-state index is 4.54. The lowest BCUT2D eigenvalue weighted by Gasteiger charge is -2.03. The fourth-order valence-corrected chi connectivity index (χ4v) is 2.06. The van der Waals surface area contributed by atoms with Gasteiger partial charge in [0.2, 0.25) is 5.82 Å². The smallest absolute Gasteiger partial charge is 0.146 e. The van der Waals surface area contributed by atoms with Gasteiger partial charge in [0.05, 0.1) is 5.69 Å². The van der Waals surface area contributed by atoms with Crippen LogP contribution in [0.15, 0.2) is 60.7 Å². The van der Waals surface area contributed by atoms with Crippen molar-refractivity contribution < 1.29 is 4.80 Å². The highest BCUT2D eigenvalue weighted by Gasteiger charge is 2.15. The maximum absolute atomic E-state index is 4.54. The molecule has 2 heterocycles. The van der Waals surface area contributed by atoms with E-state index in [1.54, 1.807) is 4.80 Å². The van der Waals surface area contributed by atoms with Crippen LogP contribution in [0.5, 0.6) is 0 Å². The standard InChI is InChI=1S/C14H10N8/c1-3-7-11(8-4-1)13-17-21(12-9-5-2-6-10-12)22(18-13)14-15-19-20-16-14/h1-10H. The SMILES string of the molecule is c1ccc(-c2nn(-c3ccccc3)[n+](-c3nnn[n-]3)n2)cc1. The first-order valence-electron chi connectivity index (χ1n) is 6.61. The van der Waals surface area contributed by atoms with E-state index in [9.17, 15) is 0 Å². The Balaban J connectivity index is 1.91. The molecule has 0 N–H and O–H groups in total. The van der Waals surface area contributed by atoms with Crippen molar-refractivity contribution in [2.24, 2.45) is 0 Å². The number of rotatable bonds is 3. The van der Waals surface area contributed by atoms with Crippen LogP contribution in [-0.4, -0.2) is 30.5 Å². The van der Waals surface area contributed by atoms with Gasteiger partial charge in [0.25, 0.3) is 0 Å². The summed E-state index contributed by atoms with van der Waals surface area (Å²) in [7, 11) is 0. The average molecular weight is 290 g/mol. The summed E-state index contributed by atoms with van der Waals surface area (Å²) >= 11 is 0. The van der Waals surface area contributed by atoms with Crippen molar-refractivity contribution >= 4 is 0 Å². The molecule has 0 saturated carbocycles. The van der Waals surface area contributed by atoms with Crippen molar-refractivity contribution in [3.63, 3.8) is 0 Å². The maximum Gasteiger partial charge on any atom is 0.309 e. The number of para-hydroxylation sites is 1. The van der Waals surface area contributed by atoms with Crippen LogP contribution in [-0.2, 0) is 0 Å². The second kappa shape index (κ2) is 5.17. The molecule has 0 aliphatic carbocycles. The Kier molecular flexibility index (Phi) is 2.90. The molecular formula is C14H10N8. The van der Waals surface area contributed by atoms with E-state index in [0.717, 1.165) is 11.3 Å². The molecule has 0 amide bonds. The third-order valence-electron chi connectivity index (χ3n) is 3.06. The van der Waals surface area contributed by atoms with E-state index >= 15 is 0 Å². The van der Waals surface area contributed by atoms with Gasteiger partial charge < -0.3 is 0 Å². The van der Waals surface area contributed by atoms with E-state index in [2.05, 4.69) is 30.8 Å². The van der Waals surface area contributed by atoms with Gasteiger partial charge in [-0.3, -0.25) is 0 Å². The lowest BCUT2D eigenvalue weighted by Crippen LogP contribution is -2.44. The molecule has 0 aliphatic heterocycles. The number of nitrogens with zero attached hydrogens (tertiary/aromatic N) is 8. The molecule has 0 saturated heterocycles. The average Bonchev–Trinajstić information content (AvgIpc) is 3.26. The Morgan fingerprint density at radius 1 is 0.909 bits per heavy atom. The van der Waals surface area contributed by atoms with Gasteiger partial charge in [-0.2, -0.15) is 0 Å². The lowest BCUT2D eigenvalue weighted by molar-refractivity contribution is -0.741. The quantitative estimate of drug-likeness (QED) is 0.506. The first-order chi connectivity index (χ1) is 10.9. The van der Waals surface area contributed by atoms with Gasteiger partial charge in [0.15, 0.2) is 0 Å². The van der Waals surface area contributed by atoms with E-state index in [-0.39, 0.29) is 5.95 Å². The van der Waals surface area contributed by atoms with E-state index in [0.29, 0.717) is 5.82 Å². The van der Waals surface area contributed by atoms with Gasteiger partial charge >= 0.3 is 5.95 Å². The highest BCUT2D eigenvalue weighted by atomic mass is 15.7. The molecule has 0 aliphatic rings. The molecule has 8 nitrogen and oxygen atoms in total. The zero-order chi connectivity index (χ0) is 14.8. The summed E-state index contributed by atoms with van der Waals surface area (Å²) in [4.78, 5) is 3.08. The van der Waals surface area contributed by atoms with Gasteiger partial charge in [0.1, 0.15) is 0 Å². The summed E-state index contributed by atoms with van der Waals surface area (Å²) in [5.74, 6) is 0.827. The molecule has 0 unspecified atom stereocenters. The van der Waals surface area contributed by atoms with Crippen LogP contribution in [0, 0.1) is 0 Å². The molecule has 106 valence electrons. The molecular weight excluding hydrogens is 280 g/mol. The van der Waals surface area contributed by atoms with Crippen molar-refractivity contribution in [1.29, 1.82) is 0 Å². The van der Waals surface area contributed by atoms with Crippen LogP contribution in [0.25, 0.3) is 23.0 Å². The molecule has 0 bridgehead atoms. The van der Waals surface area contributed by atoms with Crippen LogP contribution in [0.4, 0.5) is 0 Å². The second-order valence-corrected chi connectivity index (χ2v) is 4.48. The Morgan fingerprint density at radius 2 is 1.64 bits per heavy atom. The first-order valence-corrected chi connectivity index (χ1v) is 6.61. The fourth-order valence-electron chi connectivity index (χ4n) is 2.06. The minimum Gasteiger partial charge on any atom is -0.146 e. The predicted molar refractivity (Wildman–Crippen MR) is 75.0 cm³/mol. The zero-order valence-corrected chi connectivity index (χ0v) is 11.4. The van der Waals surface area contributed by atoms with E-state index in [1.807, 2.05) is 60.7 Å². The van der Waals surface area contributed by atoms with Crippen LogP contribution >= 0.6 is 0 Å². The van der Waals surface area contributed by atoms with Gasteiger partial charge in [0, 0.05) is 5.56 Å². The number of aromatic nitrogens is 8. The molecule has 4 rings (SSSR count). The van der Waals surface area contributed by atoms with E-state index < -0.39 is 0 Å². The van der Waals surface area contributed by atoms with Crippen LogP contribution in [0.3, 0.4) is 0 Å². The molecule has 0 atom stereocenters. The van der Waals surface area contributed by atoms with E-state index in [1.165, 1.54) is 4.80 Å². The minimum absolute atomic E-state index is 0.263. The molecule has 2 aromatic carbocycles. The number of tetrazole rings is 2. The fraction of sp³-hybridized carbons (Fsp3) is 0. The van der Waals surface area contributed by atoms with Crippen molar-refractivity contribution in [2.45, 2.75) is 0 Å². The Morgan fingerprint density at radius 3 is 2.32 bits per heavy atom. The van der Waals surface area contributed by atoms with Crippen molar-refractivity contribution in [3.05, 3.63) is 60.7 Å². The van der Waals surface area contributed by atoms with Gasteiger partial charge in [-0.15, -0.1) is 19.8 Å². The Bertz CT molecular complexity index is 868. The summed E-state index contributed by atoms with van der Waals surface area (Å²) < 4.78 is 0. The highest BCUT2D eigenvalue weighted by Crippen LogP contribution is 2.13. The molecule has 22 heavy (non-hydrogen) atoms. The summed E-state index contributed by atoms with van der Waals surface area (Å²) in [5, 5.41) is 23.7. The molecule has 8 heteroatoms. The van der Waals surface area contributed by atoms with Crippen LogP contribution in [0.1, 0.15) is 0 Å². The second-order valence-electron chi connectivity index (χ2n) is 4.48. The largest absolute Gasteiger partial charge is 0.309 e. The molecule has 0 fully saturated rings. The number of hydrogen-bond donors (Lipinski definition) is 0. The van der Waals surface area contributed by atoms with E-state index in [4.69, 9.17) is 0 Å². The van der Waals surface area contributed by atoms with Crippen LogP contribution < -0.4 is 9.90 Å². The van der Waals surface area contributed by atoms with Gasteiger partial charge in [-0.05, 0) is 22.6 Å². The van der Waals surface area contributed by atoms with Crippen molar-refractivity contribution in [3.8, 4) is 23.0 Å². The zero-order valence-electron chi connectivity index (χ0n) is 11.4. The summed E-state index contributed by atoms with van der Waals surface area (Å²) in [6.07, 6.45) is 0. The molecule has 4 aromatic rings. The normalized spacial score (nSPS) is 10.7. The number of benzene rings is 2. The third kappa shape index (κ3) is 2.12. The van der Waals surface area contributed by atoms with Crippen LogP contribution in [0.2, 0.25) is 0 Å². The first kappa shape index (κ1) is 12.3. The Labute approximate surface area is 125 Å². The van der Waals surface area contributed by atoms with Crippen molar-refractivity contribution in [2.75, 3.05) is 0 Å². The molecule has 0 spiro atoms. The highest BCUT2D eigenvalue weighted by molar-refractivity contribution is 5.53. The third-order valence-corrected chi connectivity index (χ3v) is 3.06. The summed E-state index contributed by atoms with van der Waals surface area (Å²) in [6.45, 7) is 0. The van der Waals surface area contributed by atoms with Crippen molar-refractivity contribution in [1.82, 2.24) is 35.6 Å². The topological polar surface area (TPSA) is 87.4 Å². The monoisotopic (exact) mass is 290 g/mol. The van der Waals surface area contributed by atoms with Gasteiger partial charge in [-0.1, -0.05) is 58.7 Å². The molecule has 0 radical (unpaired) electrons. The number of hydrogen-bond acceptors (Lipinski definition) is 5. The Hall–Kier alpha value is -3.42. The summed E-state index contributed by atoms with van der Waals surface area (Å²) in [6, 6.07) is 19.3. The summed E-state index contributed by atoms with van der Waals surface area (Å²) in [5.41, 5.74) is 1.74. The molecule has 2 aromatic heterocycles. The van der Waals surface area contributed by atoms with Gasteiger partial charge in [-0.25, -0.2) is 0 Å². The predicted octanol–water partition coefficient (Wildman–Crippen LogP) is 0.353. The lowest BCUT2D eigenvalue weighted by atomic mass is 10.2.